The zero-order chi connectivity index (χ0) is 33.0. The number of benzene rings is 7. The molecule has 0 radical (unpaired) electrons. The molecule has 6 heteroatoms. The van der Waals surface area contributed by atoms with Crippen molar-refractivity contribution in [3.8, 4) is 56.7 Å². The van der Waals surface area contributed by atoms with Crippen molar-refractivity contribution in [1.29, 1.82) is 0 Å². The van der Waals surface area contributed by atoms with Crippen LogP contribution in [0.25, 0.3) is 101 Å². The average Bonchev–Trinajstić information content (AvgIpc) is 3.80. The molecule has 0 saturated carbocycles. The number of para-hydroxylation sites is 1. The minimum absolute atomic E-state index is 0.571. The molecule has 10 aromatic rings. The Hall–Kier alpha value is -6.92. The largest absolute Gasteiger partial charge is 0.456 e. The van der Waals surface area contributed by atoms with Gasteiger partial charge in [-0.05, 0) is 52.2 Å². The molecule has 0 fully saturated rings. The summed E-state index contributed by atoms with van der Waals surface area (Å²) in [6.07, 6.45) is 0. The molecule has 0 aliphatic carbocycles. The fraction of sp³-hybridized carbons (Fsp3) is 0. The standard InChI is InChI=1S/C44H26N4O2/c1-3-12-27(13-4-1)41-46-42(28-14-5-2-6-15-28)48-43(47-41)30-17-11-16-29(26-30)31-22-23-34(33-19-8-7-18-32(31)33)44-45-40-38(50-44)25-24-37-39(40)35-20-9-10-21-36(35)49-37/h1-26H. The number of oxazole rings is 1. The molecule has 0 spiro atoms. The van der Waals surface area contributed by atoms with Gasteiger partial charge >= 0.3 is 0 Å². The van der Waals surface area contributed by atoms with E-state index in [9.17, 15) is 0 Å². The van der Waals surface area contributed by atoms with Crippen LogP contribution < -0.4 is 0 Å². The maximum atomic E-state index is 6.43. The van der Waals surface area contributed by atoms with E-state index in [1.807, 2.05) is 91.0 Å². The first-order valence-electron chi connectivity index (χ1n) is 16.5. The van der Waals surface area contributed by atoms with E-state index in [0.717, 1.165) is 77.2 Å². The maximum absolute atomic E-state index is 6.43. The molecule has 10 rings (SSSR count). The maximum Gasteiger partial charge on any atom is 0.227 e. The number of furan rings is 1. The SMILES string of the molecule is c1ccc(-c2nc(-c3ccccc3)nc(-c3cccc(-c4ccc(-c5nc6c(ccc7oc8ccccc8c76)o5)c5ccccc45)c3)n2)cc1. The topological polar surface area (TPSA) is 77.8 Å². The highest BCUT2D eigenvalue weighted by Crippen LogP contribution is 2.40. The van der Waals surface area contributed by atoms with E-state index in [-0.39, 0.29) is 0 Å². The molecule has 7 aromatic carbocycles. The van der Waals surface area contributed by atoms with E-state index >= 15 is 0 Å². The molecule has 0 amide bonds. The first kappa shape index (κ1) is 28.1. The van der Waals surface area contributed by atoms with Gasteiger partial charge in [0.1, 0.15) is 16.7 Å². The van der Waals surface area contributed by atoms with Crippen molar-refractivity contribution in [2.24, 2.45) is 0 Å². The third-order valence-electron chi connectivity index (χ3n) is 9.18. The van der Waals surface area contributed by atoms with Crippen molar-refractivity contribution in [2.75, 3.05) is 0 Å². The van der Waals surface area contributed by atoms with Gasteiger partial charge in [-0.3, -0.25) is 0 Å². The number of fused-ring (bicyclic) bond motifs is 6. The molecule has 0 aliphatic heterocycles. The Kier molecular flexibility index (Phi) is 6.39. The molecule has 6 nitrogen and oxygen atoms in total. The Morgan fingerprint density at radius 3 is 1.60 bits per heavy atom. The van der Waals surface area contributed by atoms with Crippen molar-refractivity contribution < 1.29 is 8.83 Å². The van der Waals surface area contributed by atoms with Crippen molar-refractivity contribution >= 4 is 43.8 Å². The van der Waals surface area contributed by atoms with E-state index in [1.54, 1.807) is 0 Å². The number of aromatic nitrogens is 4. The fourth-order valence-electron chi connectivity index (χ4n) is 6.82. The van der Waals surface area contributed by atoms with Gasteiger partial charge in [-0.25, -0.2) is 19.9 Å². The molecule has 234 valence electrons. The number of hydrogen-bond acceptors (Lipinski definition) is 6. The summed E-state index contributed by atoms with van der Waals surface area (Å²) in [4.78, 5) is 19.8. The van der Waals surface area contributed by atoms with Gasteiger partial charge in [-0.1, -0.05) is 127 Å². The van der Waals surface area contributed by atoms with Crippen LogP contribution in [0.2, 0.25) is 0 Å². The lowest BCUT2D eigenvalue weighted by molar-refractivity contribution is 0.620. The second-order valence-electron chi connectivity index (χ2n) is 12.2. The van der Waals surface area contributed by atoms with Gasteiger partial charge in [0.2, 0.25) is 5.89 Å². The Bertz CT molecular complexity index is 2820. The van der Waals surface area contributed by atoms with Gasteiger partial charge in [0.25, 0.3) is 0 Å². The fourth-order valence-corrected chi connectivity index (χ4v) is 6.82. The van der Waals surface area contributed by atoms with Crippen LogP contribution in [0.4, 0.5) is 0 Å². The second kappa shape index (κ2) is 11.4. The van der Waals surface area contributed by atoms with E-state index in [2.05, 4.69) is 66.7 Å². The van der Waals surface area contributed by atoms with E-state index in [0.29, 0.717) is 23.4 Å². The van der Waals surface area contributed by atoms with Crippen LogP contribution in [-0.4, -0.2) is 19.9 Å². The molecule has 0 aliphatic rings. The Morgan fingerprint density at radius 2 is 0.880 bits per heavy atom. The van der Waals surface area contributed by atoms with Crippen molar-refractivity contribution in [3.05, 3.63) is 158 Å². The van der Waals surface area contributed by atoms with Gasteiger partial charge in [-0.2, -0.15) is 0 Å². The Labute approximate surface area is 286 Å². The molecule has 50 heavy (non-hydrogen) atoms. The van der Waals surface area contributed by atoms with Crippen LogP contribution in [0.3, 0.4) is 0 Å². The molecule has 0 atom stereocenters. The van der Waals surface area contributed by atoms with E-state index in [1.165, 1.54) is 0 Å². The highest BCUT2D eigenvalue weighted by molar-refractivity contribution is 6.17. The van der Waals surface area contributed by atoms with Crippen molar-refractivity contribution in [3.63, 3.8) is 0 Å². The summed E-state index contributed by atoms with van der Waals surface area (Å²) in [5.74, 6) is 2.45. The summed E-state index contributed by atoms with van der Waals surface area (Å²) in [6.45, 7) is 0. The Balaban J connectivity index is 1.10. The summed E-state index contributed by atoms with van der Waals surface area (Å²) in [5.41, 5.74) is 9.00. The quantitative estimate of drug-likeness (QED) is 0.186. The predicted octanol–water partition coefficient (Wildman–Crippen LogP) is 11.4. The first-order valence-corrected chi connectivity index (χ1v) is 16.5. The minimum atomic E-state index is 0.571. The third kappa shape index (κ3) is 4.65. The van der Waals surface area contributed by atoms with Crippen LogP contribution >= 0.6 is 0 Å². The summed E-state index contributed by atoms with van der Waals surface area (Å²) in [5, 5.41) is 4.13. The van der Waals surface area contributed by atoms with Gasteiger partial charge in [0.05, 0.1) is 5.39 Å². The number of hydrogen-bond donors (Lipinski definition) is 0. The predicted molar refractivity (Wildman–Crippen MR) is 199 cm³/mol. The summed E-state index contributed by atoms with van der Waals surface area (Å²) in [7, 11) is 0. The van der Waals surface area contributed by atoms with Gasteiger partial charge in [-0.15, -0.1) is 0 Å². The lowest BCUT2D eigenvalue weighted by atomic mass is 9.94. The summed E-state index contributed by atoms with van der Waals surface area (Å²) in [6, 6.07) is 53.0. The second-order valence-corrected chi connectivity index (χ2v) is 12.2. The average molecular weight is 643 g/mol. The van der Waals surface area contributed by atoms with E-state index in [4.69, 9.17) is 28.8 Å². The lowest BCUT2D eigenvalue weighted by Crippen LogP contribution is -2.00. The van der Waals surface area contributed by atoms with Gasteiger partial charge < -0.3 is 8.83 Å². The summed E-state index contributed by atoms with van der Waals surface area (Å²) >= 11 is 0. The minimum Gasteiger partial charge on any atom is -0.456 e. The highest BCUT2D eigenvalue weighted by atomic mass is 16.4. The molecule has 0 saturated heterocycles. The molecular weight excluding hydrogens is 617 g/mol. The Morgan fingerprint density at radius 1 is 0.340 bits per heavy atom. The third-order valence-corrected chi connectivity index (χ3v) is 9.18. The smallest absolute Gasteiger partial charge is 0.227 e. The van der Waals surface area contributed by atoms with Crippen LogP contribution in [0.5, 0.6) is 0 Å². The molecular formula is C44H26N4O2. The number of rotatable bonds is 5. The summed E-state index contributed by atoms with van der Waals surface area (Å²) < 4.78 is 12.5. The molecule has 3 aromatic heterocycles. The highest BCUT2D eigenvalue weighted by Gasteiger charge is 2.19. The van der Waals surface area contributed by atoms with Gasteiger partial charge in [0.15, 0.2) is 23.1 Å². The van der Waals surface area contributed by atoms with Crippen LogP contribution in [0.15, 0.2) is 167 Å². The molecule has 0 bridgehead atoms. The zero-order valence-corrected chi connectivity index (χ0v) is 26.6. The van der Waals surface area contributed by atoms with Crippen LogP contribution in [-0.2, 0) is 0 Å². The van der Waals surface area contributed by atoms with Crippen LogP contribution in [0.1, 0.15) is 0 Å². The van der Waals surface area contributed by atoms with Crippen molar-refractivity contribution in [1.82, 2.24) is 19.9 Å². The van der Waals surface area contributed by atoms with Crippen molar-refractivity contribution in [2.45, 2.75) is 0 Å². The monoisotopic (exact) mass is 642 g/mol. The zero-order valence-electron chi connectivity index (χ0n) is 26.6. The first-order chi connectivity index (χ1) is 24.8. The van der Waals surface area contributed by atoms with Gasteiger partial charge in [0, 0.05) is 27.6 Å². The normalized spacial score (nSPS) is 11.6. The van der Waals surface area contributed by atoms with Crippen LogP contribution in [0, 0.1) is 0 Å². The number of nitrogens with zero attached hydrogens (tertiary/aromatic N) is 4. The molecule has 0 unspecified atom stereocenters. The molecule has 0 N–H and O–H groups in total. The van der Waals surface area contributed by atoms with E-state index < -0.39 is 0 Å². The molecule has 3 heterocycles. The lowest BCUT2D eigenvalue weighted by Gasteiger charge is -2.12.